The summed E-state index contributed by atoms with van der Waals surface area (Å²) in [6, 6.07) is 15.4. The van der Waals surface area contributed by atoms with Gasteiger partial charge in [-0.2, -0.15) is 5.26 Å². The smallest absolute Gasteiger partial charge is 0.314 e. The Morgan fingerprint density at radius 2 is 1.73 bits per heavy atom. The minimum atomic E-state index is -0.477. The monoisotopic (exact) mass is 370 g/mol. The van der Waals surface area contributed by atoms with E-state index in [0.717, 1.165) is 5.56 Å². The number of halogens is 1. The second-order valence-corrected chi connectivity index (χ2v) is 6.55. The maximum absolute atomic E-state index is 12.4. The summed E-state index contributed by atoms with van der Waals surface area (Å²) in [6.45, 7) is 3.45. The number of amides is 1. The summed E-state index contributed by atoms with van der Waals surface area (Å²) in [5, 5.41) is 12.0. The fourth-order valence-corrected chi connectivity index (χ4v) is 2.64. The van der Waals surface area contributed by atoms with E-state index < -0.39 is 17.8 Å². The van der Waals surface area contributed by atoms with Gasteiger partial charge in [-0.15, -0.1) is 0 Å². The van der Waals surface area contributed by atoms with E-state index in [-0.39, 0.29) is 12.5 Å². The molecule has 0 saturated heterocycles. The van der Waals surface area contributed by atoms with Gasteiger partial charge >= 0.3 is 5.97 Å². The van der Waals surface area contributed by atoms with Gasteiger partial charge in [0, 0.05) is 10.7 Å². The molecule has 0 unspecified atom stereocenters. The number of nitriles is 1. The van der Waals surface area contributed by atoms with Crippen molar-refractivity contribution in [3.05, 3.63) is 64.7 Å². The molecule has 0 aliphatic heterocycles. The normalized spacial score (nSPS) is 11.5. The molecule has 5 nitrogen and oxygen atoms in total. The summed E-state index contributed by atoms with van der Waals surface area (Å²) in [5.74, 6) is -1.38. The maximum Gasteiger partial charge on any atom is 0.314 e. The minimum Gasteiger partial charge on any atom is -0.455 e. The number of nitrogens with zero attached hydrogens (tertiary/aromatic N) is 1. The molecule has 0 fully saturated rings. The highest BCUT2D eigenvalue weighted by molar-refractivity contribution is 6.30. The number of rotatable bonds is 6. The van der Waals surface area contributed by atoms with Gasteiger partial charge in [-0.25, -0.2) is 0 Å². The van der Waals surface area contributed by atoms with Crippen LogP contribution in [0.15, 0.2) is 48.5 Å². The zero-order chi connectivity index (χ0) is 19.1. The molecular weight excluding hydrogens is 352 g/mol. The SMILES string of the molecule is CC(C)[C@@H](C(=O)OCC(=O)Nc1ccc(C#N)cc1)c1ccc(Cl)cc1. The van der Waals surface area contributed by atoms with Crippen molar-refractivity contribution < 1.29 is 14.3 Å². The molecule has 0 aliphatic carbocycles. The molecule has 2 rings (SSSR count). The van der Waals surface area contributed by atoms with Gasteiger partial charge < -0.3 is 10.1 Å². The van der Waals surface area contributed by atoms with Crippen molar-refractivity contribution in [1.29, 1.82) is 5.26 Å². The van der Waals surface area contributed by atoms with Gasteiger partial charge in [-0.1, -0.05) is 37.6 Å². The fraction of sp³-hybridized carbons (Fsp3) is 0.250. The zero-order valence-corrected chi connectivity index (χ0v) is 15.3. The van der Waals surface area contributed by atoms with Gasteiger partial charge in [0.1, 0.15) is 0 Å². The predicted octanol–water partition coefficient (Wildman–Crippen LogP) is 4.13. The number of hydrogen-bond donors (Lipinski definition) is 1. The molecule has 0 saturated carbocycles. The first kappa shape index (κ1) is 19.5. The molecule has 0 aliphatic rings. The van der Waals surface area contributed by atoms with Crippen molar-refractivity contribution in [2.24, 2.45) is 5.92 Å². The summed E-state index contributed by atoms with van der Waals surface area (Å²) >= 11 is 5.89. The quantitative estimate of drug-likeness (QED) is 0.775. The van der Waals surface area contributed by atoms with Crippen molar-refractivity contribution in [2.45, 2.75) is 19.8 Å². The molecule has 1 N–H and O–H groups in total. The van der Waals surface area contributed by atoms with Gasteiger partial charge in [0.25, 0.3) is 5.91 Å². The standard InChI is InChI=1S/C20H19ClN2O3/c1-13(2)19(15-5-7-16(21)8-6-15)20(25)26-12-18(24)23-17-9-3-14(11-22)4-10-17/h3-10,13,19H,12H2,1-2H3,(H,23,24)/t19-/m1/s1. The highest BCUT2D eigenvalue weighted by atomic mass is 35.5. The van der Waals surface area contributed by atoms with Crippen molar-refractivity contribution in [3.8, 4) is 6.07 Å². The van der Waals surface area contributed by atoms with Gasteiger partial charge in [0.15, 0.2) is 6.61 Å². The lowest BCUT2D eigenvalue weighted by Gasteiger charge is -2.19. The minimum absolute atomic E-state index is 0.00487. The Bertz CT molecular complexity index is 808. The Kier molecular flexibility index (Phi) is 6.76. The fourth-order valence-electron chi connectivity index (χ4n) is 2.51. The van der Waals surface area contributed by atoms with E-state index in [1.54, 1.807) is 48.5 Å². The first-order valence-corrected chi connectivity index (χ1v) is 8.50. The van der Waals surface area contributed by atoms with E-state index in [4.69, 9.17) is 21.6 Å². The maximum atomic E-state index is 12.4. The Balaban J connectivity index is 1.95. The second-order valence-electron chi connectivity index (χ2n) is 6.12. The van der Waals surface area contributed by atoms with Crippen LogP contribution in [-0.4, -0.2) is 18.5 Å². The molecule has 2 aromatic rings. The highest BCUT2D eigenvalue weighted by Gasteiger charge is 2.26. The highest BCUT2D eigenvalue weighted by Crippen LogP contribution is 2.27. The van der Waals surface area contributed by atoms with E-state index in [2.05, 4.69) is 5.32 Å². The molecule has 1 amide bonds. The van der Waals surface area contributed by atoms with Gasteiger partial charge in [-0.05, 0) is 47.9 Å². The number of carbonyl (C=O) groups excluding carboxylic acids is 2. The molecule has 6 heteroatoms. The molecule has 134 valence electrons. The summed E-state index contributed by atoms with van der Waals surface area (Å²) < 4.78 is 5.19. The number of hydrogen-bond acceptors (Lipinski definition) is 4. The van der Waals surface area contributed by atoms with E-state index in [1.165, 1.54) is 0 Å². The Morgan fingerprint density at radius 1 is 1.12 bits per heavy atom. The Labute approximate surface area is 157 Å². The average molecular weight is 371 g/mol. The Hall–Kier alpha value is -2.84. The third-order valence-corrected chi connectivity index (χ3v) is 4.04. The third-order valence-electron chi connectivity index (χ3n) is 3.79. The van der Waals surface area contributed by atoms with Crippen LogP contribution in [0.1, 0.15) is 30.9 Å². The largest absolute Gasteiger partial charge is 0.455 e. The summed E-state index contributed by atoms with van der Waals surface area (Å²) in [6.07, 6.45) is 0. The van der Waals surface area contributed by atoms with E-state index in [1.807, 2.05) is 19.9 Å². The van der Waals surface area contributed by atoms with Gasteiger partial charge in [-0.3, -0.25) is 9.59 Å². The van der Waals surface area contributed by atoms with Crippen LogP contribution in [0.5, 0.6) is 0 Å². The lowest BCUT2D eigenvalue weighted by Crippen LogP contribution is -2.26. The number of carbonyl (C=O) groups is 2. The van der Waals surface area contributed by atoms with Crippen LogP contribution in [0.25, 0.3) is 0 Å². The van der Waals surface area contributed by atoms with Crippen molar-refractivity contribution in [1.82, 2.24) is 0 Å². The average Bonchev–Trinajstić information content (AvgIpc) is 2.62. The second kappa shape index (κ2) is 9.02. The number of nitrogens with one attached hydrogen (secondary N) is 1. The van der Waals surface area contributed by atoms with Crippen LogP contribution in [0, 0.1) is 17.2 Å². The van der Waals surface area contributed by atoms with E-state index in [9.17, 15) is 9.59 Å². The third kappa shape index (κ3) is 5.33. The zero-order valence-electron chi connectivity index (χ0n) is 14.5. The molecule has 26 heavy (non-hydrogen) atoms. The van der Waals surface area contributed by atoms with E-state index >= 15 is 0 Å². The first-order valence-electron chi connectivity index (χ1n) is 8.13. The number of esters is 1. The molecule has 0 heterocycles. The molecule has 2 aromatic carbocycles. The molecule has 0 aromatic heterocycles. The molecular formula is C20H19ClN2O3. The van der Waals surface area contributed by atoms with Gasteiger partial charge in [0.05, 0.1) is 17.6 Å². The molecule has 0 radical (unpaired) electrons. The summed E-state index contributed by atoms with van der Waals surface area (Å²) in [4.78, 5) is 24.4. The van der Waals surface area contributed by atoms with E-state index in [0.29, 0.717) is 16.3 Å². The lowest BCUT2D eigenvalue weighted by atomic mass is 9.88. The number of ether oxygens (including phenoxy) is 1. The first-order chi connectivity index (χ1) is 12.4. The molecule has 0 bridgehead atoms. The van der Waals surface area contributed by atoms with Crippen molar-refractivity contribution in [2.75, 3.05) is 11.9 Å². The van der Waals surface area contributed by atoms with Crippen LogP contribution in [0.2, 0.25) is 5.02 Å². The van der Waals surface area contributed by atoms with Crippen LogP contribution in [-0.2, 0) is 14.3 Å². The van der Waals surface area contributed by atoms with Crippen molar-refractivity contribution in [3.63, 3.8) is 0 Å². The van der Waals surface area contributed by atoms with Crippen molar-refractivity contribution >= 4 is 29.2 Å². The Morgan fingerprint density at radius 3 is 2.27 bits per heavy atom. The van der Waals surface area contributed by atoms with Crippen LogP contribution in [0.3, 0.4) is 0 Å². The van der Waals surface area contributed by atoms with Crippen LogP contribution < -0.4 is 5.32 Å². The lowest BCUT2D eigenvalue weighted by molar-refractivity contribution is -0.149. The van der Waals surface area contributed by atoms with Crippen LogP contribution in [0.4, 0.5) is 5.69 Å². The topological polar surface area (TPSA) is 79.2 Å². The van der Waals surface area contributed by atoms with Gasteiger partial charge in [0.2, 0.25) is 0 Å². The van der Waals surface area contributed by atoms with Crippen LogP contribution >= 0.6 is 11.6 Å². The summed E-state index contributed by atoms with van der Waals surface area (Å²) in [5.41, 5.74) is 1.82. The number of anilines is 1. The molecule has 0 spiro atoms. The number of benzene rings is 2. The predicted molar refractivity (Wildman–Crippen MR) is 99.8 cm³/mol. The summed E-state index contributed by atoms with van der Waals surface area (Å²) in [7, 11) is 0. The molecule has 1 atom stereocenters.